The lowest BCUT2D eigenvalue weighted by molar-refractivity contribution is -0.284. The van der Waals surface area contributed by atoms with E-state index in [9.17, 15) is 30.8 Å². The third-order valence-corrected chi connectivity index (χ3v) is 8.76. The van der Waals surface area contributed by atoms with E-state index in [1.807, 2.05) is 0 Å². The highest BCUT2D eigenvalue weighted by atomic mass is 35.5. The van der Waals surface area contributed by atoms with Crippen LogP contribution in [-0.2, 0) is 21.9 Å². The molecule has 9 nitrogen and oxygen atoms in total. The van der Waals surface area contributed by atoms with Crippen molar-refractivity contribution in [1.82, 2.24) is 24.2 Å². The minimum atomic E-state index is -3.88. The zero-order valence-electron chi connectivity index (χ0n) is 20.7. The van der Waals surface area contributed by atoms with Gasteiger partial charge in [0, 0.05) is 63.4 Å². The van der Waals surface area contributed by atoms with Gasteiger partial charge in [-0.25, -0.2) is 32.5 Å². The number of hydroxylamine groups is 1. The van der Waals surface area contributed by atoms with E-state index < -0.39 is 52.8 Å². The van der Waals surface area contributed by atoms with Gasteiger partial charge in [-0.3, -0.25) is 9.69 Å². The third kappa shape index (κ3) is 6.84. The first-order valence-electron chi connectivity index (χ1n) is 11.8. The summed E-state index contributed by atoms with van der Waals surface area (Å²) in [5, 5.41) is -0.121. The molecule has 15 heteroatoms. The van der Waals surface area contributed by atoms with Crippen LogP contribution in [0.2, 0.25) is 0 Å². The number of rotatable bonds is 8. The number of alkyl halides is 4. The molecule has 0 radical (unpaired) electrons. The highest BCUT2D eigenvalue weighted by Gasteiger charge is 2.53. The number of aromatic nitrogens is 2. The molecule has 1 aliphatic heterocycles. The number of hydrogen-bond donors (Lipinski definition) is 1. The summed E-state index contributed by atoms with van der Waals surface area (Å²) in [5.74, 6) is -3.83. The van der Waals surface area contributed by atoms with Crippen LogP contribution in [-0.4, -0.2) is 76.8 Å². The number of benzene rings is 1. The zero-order chi connectivity index (χ0) is 26.9. The predicted molar refractivity (Wildman–Crippen MR) is 131 cm³/mol. The number of amides is 1. The fraction of sp³-hybridized carbons (Fsp3) is 0.565. The lowest BCUT2D eigenvalue weighted by Crippen LogP contribution is -2.61. The maximum Gasteiger partial charge on any atom is 0.376 e. The van der Waals surface area contributed by atoms with Crippen molar-refractivity contribution in [2.75, 3.05) is 26.2 Å². The SMILES string of the molecule is Cl.Cn1cnc(S(=O)(=O)N2CCN(C3(CC(F)(F)ONC(=O)c4ccccc4)CCC(F)(F)CC3)CC2)c1. The molecule has 0 atom stereocenters. The van der Waals surface area contributed by atoms with Crippen LogP contribution >= 0.6 is 12.4 Å². The molecule has 212 valence electrons. The Labute approximate surface area is 224 Å². The summed E-state index contributed by atoms with van der Waals surface area (Å²) in [4.78, 5) is 22.2. The number of aryl methyl sites for hydroxylation is 1. The van der Waals surface area contributed by atoms with Gasteiger partial charge in [-0.05, 0) is 25.0 Å². The Balaban J connectivity index is 0.00000400. The molecule has 0 unspecified atom stereocenters. The number of carbonyl (C=O) groups is 1. The molecular formula is C23H30ClF4N5O4S. The number of sulfonamides is 1. The molecule has 1 saturated carbocycles. The van der Waals surface area contributed by atoms with Gasteiger partial charge in [0.1, 0.15) is 0 Å². The molecule has 0 spiro atoms. The molecule has 1 aromatic heterocycles. The number of halogens is 5. The Morgan fingerprint density at radius 1 is 1.08 bits per heavy atom. The van der Waals surface area contributed by atoms with Crippen molar-refractivity contribution in [2.45, 2.75) is 54.7 Å². The first-order chi connectivity index (χ1) is 17.3. The van der Waals surface area contributed by atoms with Crippen LogP contribution in [0.3, 0.4) is 0 Å². The van der Waals surface area contributed by atoms with E-state index in [-0.39, 0.29) is 62.0 Å². The molecule has 4 rings (SSSR count). The van der Waals surface area contributed by atoms with E-state index in [0.717, 1.165) is 0 Å². The zero-order valence-corrected chi connectivity index (χ0v) is 22.3. The van der Waals surface area contributed by atoms with Crippen LogP contribution in [0, 0.1) is 0 Å². The average molecular weight is 584 g/mol. The van der Waals surface area contributed by atoms with Crippen LogP contribution in [0.4, 0.5) is 17.6 Å². The van der Waals surface area contributed by atoms with Crippen molar-refractivity contribution in [3.05, 3.63) is 48.4 Å². The van der Waals surface area contributed by atoms with Gasteiger partial charge in [0.05, 0.1) is 12.7 Å². The topological polar surface area (TPSA) is 96.8 Å². The number of carbonyl (C=O) groups excluding carboxylic acids is 1. The molecule has 38 heavy (non-hydrogen) atoms. The summed E-state index contributed by atoms with van der Waals surface area (Å²) in [6.45, 7) is 0.136. The quantitative estimate of drug-likeness (QED) is 0.378. The van der Waals surface area contributed by atoms with E-state index in [4.69, 9.17) is 0 Å². The molecular weight excluding hydrogens is 554 g/mol. The van der Waals surface area contributed by atoms with Crippen molar-refractivity contribution in [2.24, 2.45) is 7.05 Å². The summed E-state index contributed by atoms with van der Waals surface area (Å²) >= 11 is 0. The van der Waals surface area contributed by atoms with Crippen molar-refractivity contribution in [1.29, 1.82) is 0 Å². The minimum absolute atomic E-state index is 0. The average Bonchev–Trinajstić information content (AvgIpc) is 3.32. The molecule has 2 fully saturated rings. The van der Waals surface area contributed by atoms with Crippen LogP contribution in [0.5, 0.6) is 0 Å². The first kappa shape index (κ1) is 30.3. The Hall–Kier alpha value is -2.26. The predicted octanol–water partition coefficient (Wildman–Crippen LogP) is 3.44. The molecule has 1 aromatic carbocycles. The second-order valence-corrected chi connectivity index (χ2v) is 11.4. The molecule has 2 aliphatic rings. The number of imidazole rings is 1. The molecule has 1 aliphatic carbocycles. The second-order valence-electron chi connectivity index (χ2n) is 9.56. The van der Waals surface area contributed by atoms with Gasteiger partial charge >= 0.3 is 6.11 Å². The lowest BCUT2D eigenvalue weighted by atomic mass is 9.75. The normalized spacial score (nSPS) is 20.4. The number of nitrogens with zero attached hydrogens (tertiary/aromatic N) is 4. The summed E-state index contributed by atoms with van der Waals surface area (Å²) in [5.41, 5.74) is 0.523. The smallest absolute Gasteiger partial charge is 0.339 e. The maximum absolute atomic E-state index is 15.0. The second kappa shape index (κ2) is 11.5. The van der Waals surface area contributed by atoms with Gasteiger partial charge in [-0.1, -0.05) is 18.2 Å². The fourth-order valence-corrected chi connectivity index (χ4v) is 6.32. The number of hydrogen-bond acceptors (Lipinski definition) is 6. The van der Waals surface area contributed by atoms with E-state index in [0.29, 0.717) is 0 Å². The molecule has 2 aromatic rings. The standard InChI is InChI=1S/C23H29F4N5O4S.ClH/c1-30-15-19(28-17-30)37(34,35)32-13-11-31(12-14-32)21(7-9-22(24,25)10-8-21)16-23(26,27)36-29-20(33)18-5-3-2-4-6-18;/h2-6,15,17H,7-14,16H2,1H3,(H,29,33);1H. The van der Waals surface area contributed by atoms with Crippen molar-refractivity contribution >= 4 is 28.3 Å². The van der Waals surface area contributed by atoms with E-state index in [2.05, 4.69) is 9.82 Å². The van der Waals surface area contributed by atoms with Crippen LogP contribution in [0.15, 0.2) is 47.9 Å². The van der Waals surface area contributed by atoms with Crippen molar-refractivity contribution < 1.29 is 35.6 Å². The fourth-order valence-electron chi connectivity index (χ4n) is 4.93. The third-order valence-electron chi connectivity index (χ3n) is 6.97. The van der Waals surface area contributed by atoms with E-state index in [1.165, 1.54) is 33.5 Å². The molecule has 2 heterocycles. The molecule has 0 bridgehead atoms. The summed E-state index contributed by atoms with van der Waals surface area (Å²) in [6.07, 6.45) is -3.66. The van der Waals surface area contributed by atoms with Gasteiger partial charge < -0.3 is 4.57 Å². The number of nitrogens with one attached hydrogen (secondary N) is 1. The summed E-state index contributed by atoms with van der Waals surface area (Å²) in [6, 6.07) is 7.66. The Morgan fingerprint density at radius 3 is 2.24 bits per heavy atom. The lowest BCUT2D eigenvalue weighted by Gasteiger charge is -2.51. The van der Waals surface area contributed by atoms with Crippen LogP contribution in [0.25, 0.3) is 0 Å². The van der Waals surface area contributed by atoms with E-state index in [1.54, 1.807) is 35.6 Å². The van der Waals surface area contributed by atoms with Crippen LogP contribution in [0.1, 0.15) is 42.5 Å². The monoisotopic (exact) mass is 583 g/mol. The minimum Gasteiger partial charge on any atom is -0.339 e. The largest absolute Gasteiger partial charge is 0.376 e. The summed E-state index contributed by atoms with van der Waals surface area (Å²) in [7, 11) is -2.24. The summed E-state index contributed by atoms with van der Waals surface area (Å²) < 4.78 is 86.5. The molecule has 1 N–H and O–H groups in total. The van der Waals surface area contributed by atoms with Gasteiger partial charge in [0.15, 0.2) is 5.03 Å². The van der Waals surface area contributed by atoms with Crippen molar-refractivity contribution in [3.8, 4) is 0 Å². The Morgan fingerprint density at radius 2 is 1.68 bits per heavy atom. The first-order valence-corrected chi connectivity index (χ1v) is 13.3. The number of piperazine rings is 1. The Bertz CT molecular complexity index is 1200. The van der Waals surface area contributed by atoms with Gasteiger partial charge in [-0.15, -0.1) is 12.4 Å². The van der Waals surface area contributed by atoms with Crippen molar-refractivity contribution in [3.63, 3.8) is 0 Å². The van der Waals surface area contributed by atoms with Gasteiger partial charge in [0.25, 0.3) is 15.9 Å². The Kier molecular flexibility index (Phi) is 9.13. The van der Waals surface area contributed by atoms with E-state index >= 15 is 0 Å². The highest BCUT2D eigenvalue weighted by Crippen LogP contribution is 2.46. The maximum atomic E-state index is 15.0. The molecule has 1 saturated heterocycles. The highest BCUT2D eigenvalue weighted by molar-refractivity contribution is 7.89. The van der Waals surface area contributed by atoms with Gasteiger partial charge in [0.2, 0.25) is 5.92 Å². The van der Waals surface area contributed by atoms with Crippen LogP contribution < -0.4 is 5.48 Å². The van der Waals surface area contributed by atoms with Gasteiger partial charge in [-0.2, -0.15) is 13.1 Å². The molecule has 1 amide bonds.